The standard InChI is InChI=1S/C32H35N3O6/c1-35(18-21-9-3-2-4-10-21)19-28(31(37)38)34-30(36)29-22(15-16-40-29)17-33-32(39)41-20-27-25-13-7-5-11-23(25)24-12-6-8-14-26(24)27/h2-14,22,27-29H,15-20H2,1H3,(H,33,39)(H,34,36)(H,37,38). The van der Waals surface area contributed by atoms with Gasteiger partial charge in [0.05, 0.1) is 0 Å². The van der Waals surface area contributed by atoms with Crippen molar-refractivity contribution in [3.63, 3.8) is 0 Å². The predicted molar refractivity (Wildman–Crippen MR) is 153 cm³/mol. The van der Waals surface area contributed by atoms with Crippen molar-refractivity contribution in [3.05, 3.63) is 95.6 Å². The van der Waals surface area contributed by atoms with Gasteiger partial charge in [-0.25, -0.2) is 9.59 Å². The van der Waals surface area contributed by atoms with Crippen LogP contribution in [0.2, 0.25) is 0 Å². The van der Waals surface area contributed by atoms with E-state index in [1.54, 1.807) is 0 Å². The summed E-state index contributed by atoms with van der Waals surface area (Å²) in [5, 5.41) is 15.1. The first-order chi connectivity index (χ1) is 19.9. The first kappa shape index (κ1) is 28.3. The van der Waals surface area contributed by atoms with Gasteiger partial charge in [0.15, 0.2) is 0 Å². The van der Waals surface area contributed by atoms with E-state index in [1.807, 2.05) is 66.5 Å². The number of hydrogen-bond acceptors (Lipinski definition) is 6. The maximum atomic E-state index is 13.0. The van der Waals surface area contributed by atoms with E-state index >= 15 is 0 Å². The van der Waals surface area contributed by atoms with Gasteiger partial charge in [-0.05, 0) is 41.3 Å². The molecule has 3 aromatic carbocycles. The van der Waals surface area contributed by atoms with Gasteiger partial charge in [0.2, 0.25) is 5.91 Å². The molecule has 1 fully saturated rings. The van der Waals surface area contributed by atoms with Gasteiger partial charge in [-0.2, -0.15) is 0 Å². The molecule has 0 saturated carbocycles. The van der Waals surface area contributed by atoms with Crippen LogP contribution in [-0.2, 0) is 25.6 Å². The third-order valence-corrected chi connectivity index (χ3v) is 7.73. The molecule has 3 N–H and O–H groups in total. The van der Waals surface area contributed by atoms with Gasteiger partial charge in [0.1, 0.15) is 18.8 Å². The maximum absolute atomic E-state index is 13.0. The molecule has 1 heterocycles. The molecule has 1 aliphatic carbocycles. The molecule has 9 nitrogen and oxygen atoms in total. The van der Waals surface area contributed by atoms with E-state index in [1.165, 1.54) is 0 Å². The topological polar surface area (TPSA) is 117 Å². The molecule has 0 bridgehead atoms. The summed E-state index contributed by atoms with van der Waals surface area (Å²) < 4.78 is 11.3. The second-order valence-electron chi connectivity index (χ2n) is 10.6. The Morgan fingerprint density at radius 1 is 0.976 bits per heavy atom. The quantitative estimate of drug-likeness (QED) is 0.330. The second kappa shape index (κ2) is 13.0. The summed E-state index contributed by atoms with van der Waals surface area (Å²) in [6.07, 6.45) is -0.859. The Labute approximate surface area is 239 Å². The lowest BCUT2D eigenvalue weighted by Crippen LogP contribution is -2.52. The van der Waals surface area contributed by atoms with Crippen LogP contribution in [0.15, 0.2) is 78.9 Å². The lowest BCUT2D eigenvalue weighted by Gasteiger charge is -2.25. The molecule has 0 aromatic heterocycles. The van der Waals surface area contributed by atoms with Gasteiger partial charge in [-0.3, -0.25) is 9.69 Å². The number of nitrogens with zero attached hydrogens (tertiary/aromatic N) is 1. The fourth-order valence-corrected chi connectivity index (χ4v) is 5.71. The number of alkyl carbamates (subject to hydrolysis) is 1. The molecule has 1 saturated heterocycles. The van der Waals surface area contributed by atoms with Crippen molar-refractivity contribution in [2.75, 3.05) is 33.4 Å². The fraction of sp³-hybridized carbons (Fsp3) is 0.344. The van der Waals surface area contributed by atoms with E-state index in [2.05, 4.69) is 34.9 Å². The zero-order chi connectivity index (χ0) is 28.8. The number of carbonyl (C=O) groups is 3. The molecule has 2 aliphatic rings. The largest absolute Gasteiger partial charge is 0.480 e. The highest BCUT2D eigenvalue weighted by molar-refractivity contribution is 5.87. The van der Waals surface area contributed by atoms with Gasteiger partial charge in [-0.1, -0.05) is 78.9 Å². The van der Waals surface area contributed by atoms with Crippen molar-refractivity contribution in [2.45, 2.75) is 31.0 Å². The summed E-state index contributed by atoms with van der Waals surface area (Å²) in [5.41, 5.74) is 5.61. The van der Waals surface area contributed by atoms with Crippen LogP contribution in [0.3, 0.4) is 0 Å². The van der Waals surface area contributed by atoms with Gasteiger partial charge < -0.3 is 25.2 Å². The Hall–Kier alpha value is -4.21. The van der Waals surface area contributed by atoms with E-state index in [-0.39, 0.29) is 31.5 Å². The van der Waals surface area contributed by atoms with E-state index in [0.29, 0.717) is 19.6 Å². The Bertz CT molecular complexity index is 1340. The highest BCUT2D eigenvalue weighted by Crippen LogP contribution is 2.44. The molecule has 0 radical (unpaired) electrons. The Morgan fingerprint density at radius 2 is 1.61 bits per heavy atom. The van der Waals surface area contributed by atoms with Crippen molar-refractivity contribution >= 4 is 18.0 Å². The van der Waals surface area contributed by atoms with Gasteiger partial charge >= 0.3 is 12.1 Å². The number of aliphatic carboxylic acids is 1. The molecule has 2 amide bonds. The summed E-state index contributed by atoms with van der Waals surface area (Å²) in [7, 11) is 1.81. The lowest BCUT2D eigenvalue weighted by atomic mass is 9.98. The third kappa shape index (κ3) is 6.75. The molecule has 3 aromatic rings. The van der Waals surface area contributed by atoms with E-state index in [9.17, 15) is 19.5 Å². The molecule has 1 aliphatic heterocycles. The minimum atomic E-state index is -1.12. The van der Waals surface area contributed by atoms with Crippen molar-refractivity contribution in [2.24, 2.45) is 5.92 Å². The van der Waals surface area contributed by atoms with Crippen molar-refractivity contribution in [1.82, 2.24) is 15.5 Å². The first-order valence-corrected chi connectivity index (χ1v) is 13.9. The number of fused-ring (bicyclic) bond motifs is 3. The Balaban J connectivity index is 1.11. The normalized spacial score (nSPS) is 18.4. The zero-order valence-corrected chi connectivity index (χ0v) is 23.0. The Kier molecular flexibility index (Phi) is 8.96. The van der Waals surface area contributed by atoms with Crippen LogP contribution in [0.25, 0.3) is 11.1 Å². The summed E-state index contributed by atoms with van der Waals surface area (Å²) in [5.74, 6) is -1.96. The number of carboxylic acids is 1. The van der Waals surface area contributed by atoms with Gasteiger partial charge in [-0.15, -0.1) is 0 Å². The monoisotopic (exact) mass is 557 g/mol. The average Bonchev–Trinajstić information content (AvgIpc) is 3.58. The number of rotatable bonds is 11. The van der Waals surface area contributed by atoms with E-state index < -0.39 is 30.1 Å². The SMILES string of the molecule is CN(Cc1ccccc1)CC(NC(=O)C1OCCC1CNC(=O)OCC1c2ccccc2-c2ccccc21)C(=O)O. The minimum Gasteiger partial charge on any atom is -0.480 e. The molecular weight excluding hydrogens is 522 g/mol. The summed E-state index contributed by atoms with van der Waals surface area (Å²) in [4.78, 5) is 39.4. The highest BCUT2D eigenvalue weighted by Gasteiger charge is 2.37. The smallest absolute Gasteiger partial charge is 0.407 e. The van der Waals surface area contributed by atoms with Crippen molar-refractivity contribution in [3.8, 4) is 11.1 Å². The molecule has 3 atom stereocenters. The molecule has 214 valence electrons. The fourth-order valence-electron chi connectivity index (χ4n) is 5.71. The van der Waals surface area contributed by atoms with Crippen LogP contribution in [0.1, 0.15) is 29.0 Å². The molecular formula is C32H35N3O6. The molecule has 9 heteroatoms. The van der Waals surface area contributed by atoms with Crippen LogP contribution in [0.5, 0.6) is 0 Å². The molecule has 0 spiro atoms. The molecule has 41 heavy (non-hydrogen) atoms. The number of hydrogen-bond donors (Lipinski definition) is 3. The lowest BCUT2D eigenvalue weighted by molar-refractivity contribution is -0.144. The van der Waals surface area contributed by atoms with Crippen LogP contribution < -0.4 is 10.6 Å². The summed E-state index contributed by atoms with van der Waals surface area (Å²) in [6.45, 7) is 1.40. The number of carboxylic acid groups (broad SMARTS) is 1. The minimum absolute atomic E-state index is 0.0468. The molecule has 5 rings (SSSR count). The van der Waals surface area contributed by atoms with Gasteiger partial charge in [0, 0.05) is 38.1 Å². The van der Waals surface area contributed by atoms with Crippen LogP contribution >= 0.6 is 0 Å². The number of nitrogens with one attached hydrogen (secondary N) is 2. The Morgan fingerprint density at radius 3 is 2.27 bits per heavy atom. The van der Waals surface area contributed by atoms with Crippen molar-refractivity contribution < 1.29 is 29.0 Å². The summed E-state index contributed by atoms with van der Waals surface area (Å²) >= 11 is 0. The first-order valence-electron chi connectivity index (χ1n) is 13.9. The number of carbonyl (C=O) groups excluding carboxylic acids is 2. The van der Waals surface area contributed by atoms with E-state index in [0.717, 1.165) is 27.8 Å². The number of ether oxygens (including phenoxy) is 2. The number of amides is 2. The van der Waals surface area contributed by atoms with Crippen LogP contribution in [0, 0.1) is 5.92 Å². The van der Waals surface area contributed by atoms with Gasteiger partial charge in [0.25, 0.3) is 0 Å². The third-order valence-electron chi connectivity index (χ3n) is 7.73. The molecule has 3 unspecified atom stereocenters. The predicted octanol–water partition coefficient (Wildman–Crippen LogP) is 3.63. The van der Waals surface area contributed by atoms with Crippen LogP contribution in [-0.4, -0.2) is 73.5 Å². The highest BCUT2D eigenvalue weighted by atomic mass is 16.5. The zero-order valence-electron chi connectivity index (χ0n) is 23.0. The maximum Gasteiger partial charge on any atom is 0.407 e. The number of benzene rings is 3. The number of likely N-dealkylation sites (N-methyl/N-ethyl adjacent to an activating group) is 1. The average molecular weight is 558 g/mol. The van der Waals surface area contributed by atoms with E-state index in [4.69, 9.17) is 9.47 Å². The summed E-state index contributed by atoms with van der Waals surface area (Å²) in [6, 6.07) is 24.9. The van der Waals surface area contributed by atoms with Crippen LogP contribution in [0.4, 0.5) is 4.79 Å². The van der Waals surface area contributed by atoms with Crippen molar-refractivity contribution in [1.29, 1.82) is 0 Å². The second-order valence-corrected chi connectivity index (χ2v) is 10.6.